The van der Waals surface area contributed by atoms with E-state index in [1.165, 1.54) is 4.57 Å². The second-order valence-corrected chi connectivity index (χ2v) is 7.83. The minimum absolute atomic E-state index is 0.119. The second kappa shape index (κ2) is 8.47. The Balaban J connectivity index is 1.35. The maximum atomic E-state index is 12.7. The summed E-state index contributed by atoms with van der Waals surface area (Å²) < 4.78 is 19.6. The van der Waals surface area contributed by atoms with Gasteiger partial charge in [-0.1, -0.05) is 23.4 Å². The highest BCUT2D eigenvalue weighted by Gasteiger charge is 2.17. The van der Waals surface area contributed by atoms with Crippen LogP contribution in [-0.4, -0.2) is 30.3 Å². The fourth-order valence-electron chi connectivity index (χ4n) is 3.78. The number of ether oxygens (including phenoxy) is 2. The summed E-state index contributed by atoms with van der Waals surface area (Å²) >= 11 is 0. The van der Waals surface area contributed by atoms with Crippen molar-refractivity contribution in [2.75, 3.05) is 0 Å². The third-order valence-corrected chi connectivity index (χ3v) is 5.66. The van der Waals surface area contributed by atoms with Crippen LogP contribution in [0.1, 0.15) is 33.2 Å². The molecule has 0 aliphatic carbocycles. The van der Waals surface area contributed by atoms with E-state index >= 15 is 0 Å². The lowest BCUT2D eigenvalue weighted by Gasteiger charge is -2.09. The molecule has 0 aliphatic heterocycles. The number of aromatic nitrogens is 5. The summed E-state index contributed by atoms with van der Waals surface area (Å²) in [6.45, 7) is 3.82. The summed E-state index contributed by atoms with van der Waals surface area (Å²) in [5, 5.41) is 12.7. The lowest BCUT2D eigenvalue weighted by atomic mass is 10.2. The lowest BCUT2D eigenvalue weighted by Crippen LogP contribution is -2.20. The molecule has 0 atom stereocenters. The van der Waals surface area contributed by atoms with Gasteiger partial charge < -0.3 is 14.0 Å². The number of hydrogen-bond donors (Lipinski definition) is 0. The van der Waals surface area contributed by atoms with Crippen molar-refractivity contribution in [1.29, 1.82) is 0 Å². The molecule has 34 heavy (non-hydrogen) atoms. The van der Waals surface area contributed by atoms with Gasteiger partial charge in [0.25, 0.3) is 5.56 Å². The molecule has 0 bridgehead atoms. The molecule has 0 N–H and O–H groups in total. The minimum atomic E-state index is -0.534. The number of fused-ring (bicyclic) bond motifs is 3. The van der Waals surface area contributed by atoms with Crippen LogP contribution in [0.5, 0.6) is 5.75 Å². The number of aryl methyl sites for hydroxylation is 3. The molecule has 0 aliphatic rings. The average Bonchev–Trinajstić information content (AvgIpc) is 3.42. The van der Waals surface area contributed by atoms with Gasteiger partial charge in [-0.05, 0) is 44.2 Å². The van der Waals surface area contributed by atoms with Crippen LogP contribution in [-0.2, 0) is 25.0 Å². The third-order valence-electron chi connectivity index (χ3n) is 5.66. The first-order chi connectivity index (χ1) is 16.4. The summed E-state index contributed by atoms with van der Waals surface area (Å²) in [7, 11) is 1.63. The van der Waals surface area contributed by atoms with Gasteiger partial charge in [-0.15, -0.1) is 10.2 Å². The summed E-state index contributed by atoms with van der Waals surface area (Å²) in [6, 6.07) is 13.9. The van der Waals surface area contributed by atoms with E-state index in [9.17, 15) is 9.59 Å². The van der Waals surface area contributed by atoms with E-state index < -0.39 is 5.97 Å². The van der Waals surface area contributed by atoms with Gasteiger partial charge in [0, 0.05) is 7.05 Å². The summed E-state index contributed by atoms with van der Waals surface area (Å²) in [5.41, 5.74) is 2.44. The zero-order valence-corrected chi connectivity index (χ0v) is 18.8. The van der Waals surface area contributed by atoms with Crippen LogP contribution in [0.3, 0.4) is 0 Å². The Morgan fingerprint density at radius 2 is 1.88 bits per heavy atom. The first kappa shape index (κ1) is 21.4. The Kier molecular flexibility index (Phi) is 5.33. The predicted octanol–water partition coefficient (Wildman–Crippen LogP) is 3.12. The molecular weight excluding hydrogens is 438 g/mol. The summed E-state index contributed by atoms with van der Waals surface area (Å²) in [5.74, 6) is 1.45. The minimum Gasteiger partial charge on any atom is -0.489 e. The second-order valence-electron chi connectivity index (χ2n) is 7.83. The van der Waals surface area contributed by atoms with Crippen molar-refractivity contribution in [1.82, 2.24) is 24.3 Å². The number of esters is 1. The highest BCUT2D eigenvalue weighted by molar-refractivity contribution is 5.89. The van der Waals surface area contributed by atoms with Crippen molar-refractivity contribution in [2.24, 2.45) is 7.05 Å². The molecule has 5 rings (SSSR count). The van der Waals surface area contributed by atoms with Gasteiger partial charge in [0.15, 0.2) is 12.4 Å². The predicted molar refractivity (Wildman–Crippen MR) is 122 cm³/mol. The zero-order valence-electron chi connectivity index (χ0n) is 18.8. The van der Waals surface area contributed by atoms with Crippen molar-refractivity contribution >= 4 is 22.6 Å². The fourth-order valence-corrected chi connectivity index (χ4v) is 3.78. The number of para-hydroxylation sites is 1. The van der Waals surface area contributed by atoms with Crippen LogP contribution in [0.15, 0.2) is 57.8 Å². The van der Waals surface area contributed by atoms with Crippen molar-refractivity contribution in [3.05, 3.63) is 87.3 Å². The Morgan fingerprint density at radius 1 is 1.06 bits per heavy atom. The van der Waals surface area contributed by atoms with E-state index in [2.05, 4.69) is 15.4 Å². The van der Waals surface area contributed by atoms with E-state index in [0.717, 1.165) is 11.3 Å². The van der Waals surface area contributed by atoms with Crippen molar-refractivity contribution < 1.29 is 18.8 Å². The molecule has 0 saturated carbocycles. The molecule has 0 spiro atoms. The van der Waals surface area contributed by atoms with Crippen LogP contribution in [0.2, 0.25) is 0 Å². The molecule has 10 heteroatoms. The van der Waals surface area contributed by atoms with Gasteiger partial charge in [0.1, 0.15) is 18.1 Å². The normalized spacial score (nSPS) is 11.3. The van der Waals surface area contributed by atoms with E-state index in [4.69, 9.17) is 14.0 Å². The smallest absolute Gasteiger partial charge is 0.338 e. The lowest BCUT2D eigenvalue weighted by molar-refractivity contribution is 0.0461. The first-order valence-corrected chi connectivity index (χ1v) is 10.6. The van der Waals surface area contributed by atoms with E-state index in [1.807, 2.05) is 19.9 Å². The molecular formula is C24H21N5O5. The molecule has 0 unspecified atom stereocenters. The molecule has 3 heterocycles. The Bertz CT molecular complexity index is 1580. The number of carbonyl (C=O) groups excluding carboxylic acids is 1. The average molecular weight is 459 g/mol. The Hall–Kier alpha value is -4.47. The molecule has 0 radical (unpaired) electrons. The quantitative estimate of drug-likeness (QED) is 0.356. The van der Waals surface area contributed by atoms with Crippen LogP contribution in [0.25, 0.3) is 16.7 Å². The molecule has 172 valence electrons. The number of hydrogen-bond acceptors (Lipinski definition) is 8. The number of nitrogens with zero attached hydrogens (tertiary/aromatic N) is 5. The number of rotatable bonds is 6. The largest absolute Gasteiger partial charge is 0.489 e. The van der Waals surface area contributed by atoms with Gasteiger partial charge >= 0.3 is 5.97 Å². The van der Waals surface area contributed by atoms with E-state index in [-0.39, 0.29) is 18.8 Å². The summed E-state index contributed by atoms with van der Waals surface area (Å²) in [6.07, 6.45) is 0. The van der Waals surface area contributed by atoms with E-state index in [1.54, 1.807) is 53.9 Å². The van der Waals surface area contributed by atoms with Crippen molar-refractivity contribution in [3.63, 3.8) is 0 Å². The SMILES string of the molecule is Cc1noc(C)c1COc1cccc(C(=O)OCc2nnc3n(C)c(=O)c4ccccc4n23)c1. The highest BCUT2D eigenvalue weighted by atomic mass is 16.5. The molecule has 3 aromatic heterocycles. The molecule has 0 amide bonds. The van der Waals surface area contributed by atoms with Crippen LogP contribution < -0.4 is 10.3 Å². The van der Waals surface area contributed by atoms with Crippen LogP contribution >= 0.6 is 0 Å². The molecule has 2 aromatic carbocycles. The molecule has 5 aromatic rings. The van der Waals surface area contributed by atoms with Crippen LogP contribution in [0.4, 0.5) is 0 Å². The maximum Gasteiger partial charge on any atom is 0.338 e. The standard InChI is InChI=1S/C24H21N5O5/c1-14-19(15(2)34-27-14)12-32-17-8-6-7-16(11-17)23(31)33-13-21-25-26-24-28(3)22(30)18-9-4-5-10-20(18)29(21)24/h4-11H,12-13H2,1-3H3. The fraction of sp³-hybridized carbons (Fsp3) is 0.208. The van der Waals surface area contributed by atoms with Crippen molar-refractivity contribution in [3.8, 4) is 5.75 Å². The Morgan fingerprint density at radius 3 is 2.68 bits per heavy atom. The Labute approximate surface area is 193 Å². The molecule has 10 nitrogen and oxygen atoms in total. The van der Waals surface area contributed by atoms with Gasteiger partial charge in [0.05, 0.1) is 27.7 Å². The maximum absolute atomic E-state index is 12.7. The van der Waals surface area contributed by atoms with Gasteiger partial charge in [-0.2, -0.15) is 0 Å². The first-order valence-electron chi connectivity index (χ1n) is 10.6. The van der Waals surface area contributed by atoms with E-state index in [0.29, 0.717) is 39.6 Å². The number of benzene rings is 2. The number of carbonyl (C=O) groups is 1. The topological polar surface area (TPSA) is 114 Å². The van der Waals surface area contributed by atoms with Gasteiger partial charge in [-0.25, -0.2) is 4.79 Å². The third kappa shape index (κ3) is 3.68. The monoisotopic (exact) mass is 459 g/mol. The highest BCUT2D eigenvalue weighted by Crippen LogP contribution is 2.20. The van der Waals surface area contributed by atoms with Gasteiger partial charge in [0.2, 0.25) is 5.78 Å². The van der Waals surface area contributed by atoms with Crippen LogP contribution in [0, 0.1) is 13.8 Å². The molecule has 0 saturated heterocycles. The molecule has 0 fully saturated rings. The summed E-state index contributed by atoms with van der Waals surface area (Å²) in [4.78, 5) is 25.3. The van der Waals surface area contributed by atoms with Gasteiger partial charge in [-0.3, -0.25) is 13.8 Å². The van der Waals surface area contributed by atoms with Crippen molar-refractivity contribution in [2.45, 2.75) is 27.1 Å². The zero-order chi connectivity index (χ0) is 23.8.